The highest BCUT2D eigenvalue weighted by Gasteiger charge is 2.32. The van der Waals surface area contributed by atoms with Crippen LogP contribution in [0.1, 0.15) is 49.1 Å². The van der Waals surface area contributed by atoms with Gasteiger partial charge in [-0.15, -0.1) is 0 Å². The minimum absolute atomic E-state index is 0.314. The van der Waals surface area contributed by atoms with Gasteiger partial charge in [0.25, 0.3) is 5.91 Å². The van der Waals surface area contributed by atoms with Gasteiger partial charge in [-0.05, 0) is 69.9 Å². The number of aryl methyl sites for hydroxylation is 3. The van der Waals surface area contributed by atoms with E-state index < -0.39 is 29.6 Å². The number of halogens is 1. The molecule has 0 radical (unpaired) electrons. The van der Waals surface area contributed by atoms with Gasteiger partial charge in [-0.3, -0.25) is 9.59 Å². The number of carbonyl (C=O) groups is 3. The van der Waals surface area contributed by atoms with Gasteiger partial charge in [0.2, 0.25) is 5.91 Å². The standard InChI is InChI=1S/C25H32ClN3O4/c1-15-10-8-11-16(2)20(15)22(23(31)28-21-17(3)12-9-13-18(21)26)29(7)19(30)14-27-24(32)33-25(4,5)6/h8-13,22H,14H2,1-7H3,(H,27,32)(H,28,31). The molecule has 2 aromatic rings. The molecule has 1 atom stereocenters. The number of likely N-dealkylation sites (N-methyl/N-ethyl adjacent to an activating group) is 1. The van der Waals surface area contributed by atoms with Crippen molar-refractivity contribution in [3.05, 3.63) is 63.7 Å². The molecule has 7 nitrogen and oxygen atoms in total. The van der Waals surface area contributed by atoms with Crippen molar-refractivity contribution in [3.63, 3.8) is 0 Å². The van der Waals surface area contributed by atoms with Gasteiger partial charge in [-0.2, -0.15) is 0 Å². The van der Waals surface area contributed by atoms with E-state index in [1.165, 1.54) is 11.9 Å². The SMILES string of the molecule is Cc1cccc(Cl)c1NC(=O)C(c1c(C)cccc1C)N(C)C(=O)CNC(=O)OC(C)(C)C. The fourth-order valence-electron chi connectivity index (χ4n) is 3.47. The number of para-hydroxylation sites is 1. The lowest BCUT2D eigenvalue weighted by Crippen LogP contribution is -2.45. The molecule has 0 bridgehead atoms. The fourth-order valence-corrected chi connectivity index (χ4v) is 3.74. The Labute approximate surface area is 200 Å². The number of alkyl carbamates (subject to hydrolysis) is 1. The summed E-state index contributed by atoms with van der Waals surface area (Å²) < 4.78 is 5.19. The first kappa shape index (κ1) is 26.2. The van der Waals surface area contributed by atoms with E-state index in [0.29, 0.717) is 16.3 Å². The third kappa shape index (κ3) is 6.96. The lowest BCUT2D eigenvalue weighted by molar-refractivity contribution is -0.136. The third-order valence-corrected chi connectivity index (χ3v) is 5.41. The zero-order valence-corrected chi connectivity index (χ0v) is 21.0. The zero-order valence-electron chi connectivity index (χ0n) is 20.2. The highest BCUT2D eigenvalue weighted by Crippen LogP contribution is 2.31. The predicted octanol–water partition coefficient (Wildman–Crippen LogP) is 4.93. The summed E-state index contributed by atoms with van der Waals surface area (Å²) in [5.41, 5.74) is 3.06. The lowest BCUT2D eigenvalue weighted by atomic mass is 9.94. The topological polar surface area (TPSA) is 87.7 Å². The summed E-state index contributed by atoms with van der Waals surface area (Å²) >= 11 is 6.31. The third-order valence-electron chi connectivity index (χ3n) is 5.10. The molecule has 2 rings (SSSR count). The maximum Gasteiger partial charge on any atom is 0.408 e. The molecule has 3 amide bonds. The van der Waals surface area contributed by atoms with Crippen LogP contribution in [0.15, 0.2) is 36.4 Å². The minimum Gasteiger partial charge on any atom is -0.444 e. The fraction of sp³-hybridized carbons (Fsp3) is 0.400. The summed E-state index contributed by atoms with van der Waals surface area (Å²) in [5.74, 6) is -0.851. The van der Waals surface area contributed by atoms with Crippen molar-refractivity contribution < 1.29 is 19.1 Å². The number of hydrogen-bond acceptors (Lipinski definition) is 4. The Kier molecular flexibility index (Phi) is 8.50. The van der Waals surface area contributed by atoms with Crippen LogP contribution >= 0.6 is 11.6 Å². The van der Waals surface area contributed by atoms with Crippen LogP contribution in [0.25, 0.3) is 0 Å². The van der Waals surface area contributed by atoms with Gasteiger partial charge >= 0.3 is 6.09 Å². The average molecular weight is 474 g/mol. The van der Waals surface area contributed by atoms with Crippen LogP contribution in [-0.4, -0.2) is 42.0 Å². The van der Waals surface area contributed by atoms with E-state index in [9.17, 15) is 14.4 Å². The van der Waals surface area contributed by atoms with Gasteiger partial charge in [0, 0.05) is 7.05 Å². The Balaban J connectivity index is 2.34. The zero-order chi connectivity index (χ0) is 24.9. The first-order chi connectivity index (χ1) is 15.3. The van der Waals surface area contributed by atoms with Gasteiger partial charge in [-0.25, -0.2) is 4.79 Å². The number of benzene rings is 2. The molecule has 2 aromatic carbocycles. The highest BCUT2D eigenvalue weighted by molar-refractivity contribution is 6.34. The largest absolute Gasteiger partial charge is 0.444 e. The Morgan fingerprint density at radius 2 is 1.55 bits per heavy atom. The van der Waals surface area contributed by atoms with Crippen LogP contribution in [0, 0.1) is 20.8 Å². The Morgan fingerprint density at radius 1 is 1.00 bits per heavy atom. The predicted molar refractivity (Wildman–Crippen MR) is 130 cm³/mol. The summed E-state index contributed by atoms with van der Waals surface area (Å²) in [5, 5.41) is 5.75. The number of hydrogen-bond donors (Lipinski definition) is 2. The van der Waals surface area contributed by atoms with Crippen molar-refractivity contribution >= 4 is 35.2 Å². The monoisotopic (exact) mass is 473 g/mol. The van der Waals surface area contributed by atoms with Crippen molar-refractivity contribution in [1.82, 2.24) is 10.2 Å². The molecule has 0 aliphatic heterocycles. The second kappa shape index (κ2) is 10.7. The maximum atomic E-state index is 13.5. The summed E-state index contributed by atoms with van der Waals surface area (Å²) in [6, 6.07) is 10.1. The number of amides is 3. The van der Waals surface area contributed by atoms with Gasteiger partial charge in [-0.1, -0.05) is 41.9 Å². The summed E-state index contributed by atoms with van der Waals surface area (Å²) in [7, 11) is 1.54. The van der Waals surface area contributed by atoms with Gasteiger partial charge in [0.1, 0.15) is 18.2 Å². The molecule has 33 heavy (non-hydrogen) atoms. The van der Waals surface area contributed by atoms with Crippen molar-refractivity contribution in [1.29, 1.82) is 0 Å². The number of anilines is 1. The first-order valence-electron chi connectivity index (χ1n) is 10.7. The molecule has 0 spiro atoms. The molecular formula is C25H32ClN3O4. The van der Waals surface area contributed by atoms with Crippen molar-refractivity contribution in [2.24, 2.45) is 0 Å². The van der Waals surface area contributed by atoms with Crippen LogP contribution in [-0.2, 0) is 14.3 Å². The molecule has 178 valence electrons. The van der Waals surface area contributed by atoms with Crippen LogP contribution in [0.5, 0.6) is 0 Å². The van der Waals surface area contributed by atoms with Gasteiger partial charge < -0.3 is 20.3 Å². The lowest BCUT2D eigenvalue weighted by Gasteiger charge is -2.30. The Bertz CT molecular complexity index is 1010. The molecule has 0 aromatic heterocycles. The van der Waals surface area contributed by atoms with Crippen molar-refractivity contribution in [2.45, 2.75) is 53.2 Å². The quantitative estimate of drug-likeness (QED) is 0.622. The van der Waals surface area contributed by atoms with E-state index in [1.807, 2.05) is 45.0 Å². The molecule has 0 fully saturated rings. The normalized spacial score (nSPS) is 12.0. The Hall–Kier alpha value is -3.06. The first-order valence-corrected chi connectivity index (χ1v) is 11.0. The average Bonchev–Trinajstić information content (AvgIpc) is 2.70. The number of nitrogens with one attached hydrogen (secondary N) is 2. The number of nitrogens with zero attached hydrogens (tertiary/aromatic N) is 1. The molecule has 0 saturated heterocycles. The van der Waals surface area contributed by atoms with E-state index in [-0.39, 0.29) is 6.54 Å². The molecule has 8 heteroatoms. The van der Waals surface area contributed by atoms with E-state index in [2.05, 4.69) is 10.6 Å². The molecule has 0 aliphatic carbocycles. The van der Waals surface area contributed by atoms with Gasteiger partial charge in [0.15, 0.2) is 0 Å². The minimum atomic E-state index is -0.935. The van der Waals surface area contributed by atoms with E-state index in [0.717, 1.165) is 16.7 Å². The van der Waals surface area contributed by atoms with E-state index >= 15 is 0 Å². The molecule has 0 saturated carbocycles. The highest BCUT2D eigenvalue weighted by atomic mass is 35.5. The van der Waals surface area contributed by atoms with Crippen LogP contribution < -0.4 is 10.6 Å². The summed E-state index contributed by atoms with van der Waals surface area (Å²) in [6.45, 7) is 10.5. The van der Waals surface area contributed by atoms with Crippen molar-refractivity contribution in [3.8, 4) is 0 Å². The smallest absolute Gasteiger partial charge is 0.408 e. The molecule has 1 unspecified atom stereocenters. The van der Waals surface area contributed by atoms with Crippen LogP contribution in [0.2, 0.25) is 5.02 Å². The number of rotatable bonds is 6. The molecular weight excluding hydrogens is 442 g/mol. The second-order valence-corrected chi connectivity index (χ2v) is 9.40. The van der Waals surface area contributed by atoms with Gasteiger partial charge in [0.05, 0.1) is 10.7 Å². The Morgan fingerprint density at radius 3 is 2.09 bits per heavy atom. The van der Waals surface area contributed by atoms with Crippen molar-refractivity contribution in [2.75, 3.05) is 18.9 Å². The molecule has 2 N–H and O–H groups in total. The maximum absolute atomic E-state index is 13.5. The number of carbonyl (C=O) groups excluding carboxylic acids is 3. The second-order valence-electron chi connectivity index (χ2n) is 8.99. The molecule has 0 aliphatic rings. The molecule has 0 heterocycles. The van der Waals surface area contributed by atoms with Crippen LogP contribution in [0.3, 0.4) is 0 Å². The van der Waals surface area contributed by atoms with E-state index in [4.69, 9.17) is 16.3 Å². The summed E-state index contributed by atoms with van der Waals surface area (Å²) in [6.07, 6.45) is -0.705. The number of ether oxygens (including phenoxy) is 1. The summed E-state index contributed by atoms with van der Waals surface area (Å²) in [4.78, 5) is 39.8. The van der Waals surface area contributed by atoms with E-state index in [1.54, 1.807) is 32.9 Å². The van der Waals surface area contributed by atoms with Crippen LogP contribution in [0.4, 0.5) is 10.5 Å².